The average molecular weight is 1090 g/mol. The average Bonchev–Trinajstić information content (AvgIpc) is 3.43. The van der Waals surface area contributed by atoms with Crippen LogP contribution in [0.5, 0.6) is 0 Å². The van der Waals surface area contributed by atoms with Crippen LogP contribution in [0.2, 0.25) is 0 Å². The second-order valence-corrected chi connectivity index (χ2v) is 24.2. The van der Waals surface area contributed by atoms with Gasteiger partial charge in [0.15, 0.2) is 6.10 Å². The van der Waals surface area contributed by atoms with E-state index < -0.39 is 6.10 Å². The molecular weight excluding hydrogens is 949 g/mol. The first-order valence-corrected chi connectivity index (χ1v) is 35.2. The van der Waals surface area contributed by atoms with Crippen molar-refractivity contribution in [2.45, 2.75) is 412 Å². The Bertz CT molecular complexity index is 1200. The molecule has 0 aliphatic rings. The molecule has 77 heavy (non-hydrogen) atoms. The van der Waals surface area contributed by atoms with Crippen molar-refractivity contribution in [3.8, 4) is 0 Å². The number of hydrogen-bond acceptors (Lipinski definition) is 6. The second kappa shape index (κ2) is 66.7. The van der Waals surface area contributed by atoms with Crippen molar-refractivity contribution in [3.63, 3.8) is 0 Å². The summed E-state index contributed by atoms with van der Waals surface area (Å²) < 4.78 is 16.9. The highest BCUT2D eigenvalue weighted by atomic mass is 16.6. The van der Waals surface area contributed by atoms with E-state index in [0.29, 0.717) is 19.3 Å². The SMILES string of the molecule is CCCCCCCCCC/C=C\CCCCCCCCCCCCCCCCCCCCCCCC(=O)OCC(COC(=O)CCCCCCCCCCCCC)OC(=O)CCCCCCCCCCCCCCCCC. The third-order valence-electron chi connectivity index (χ3n) is 16.3. The number of carbonyl (C=O) groups is 3. The largest absolute Gasteiger partial charge is 0.462 e. The van der Waals surface area contributed by atoms with Crippen molar-refractivity contribution in [1.29, 1.82) is 0 Å². The Morgan fingerprint density at radius 2 is 0.429 bits per heavy atom. The Morgan fingerprint density at radius 3 is 0.649 bits per heavy atom. The summed E-state index contributed by atoms with van der Waals surface area (Å²) in [6.45, 7) is 6.71. The second-order valence-electron chi connectivity index (χ2n) is 24.2. The maximum atomic E-state index is 12.9. The van der Waals surface area contributed by atoms with Crippen molar-refractivity contribution in [2.24, 2.45) is 0 Å². The highest BCUT2D eigenvalue weighted by Gasteiger charge is 2.19. The third kappa shape index (κ3) is 64.9. The number of carbonyl (C=O) groups excluding carboxylic acids is 3. The van der Waals surface area contributed by atoms with Crippen LogP contribution in [0.25, 0.3) is 0 Å². The smallest absolute Gasteiger partial charge is 0.306 e. The van der Waals surface area contributed by atoms with Gasteiger partial charge in [0.2, 0.25) is 0 Å². The molecule has 0 radical (unpaired) electrons. The van der Waals surface area contributed by atoms with E-state index in [2.05, 4.69) is 32.9 Å². The molecule has 0 aromatic rings. The number of unbranched alkanes of at least 4 members (excludes halogenated alkanes) is 53. The molecule has 6 nitrogen and oxygen atoms in total. The van der Waals surface area contributed by atoms with Crippen LogP contribution in [-0.2, 0) is 28.6 Å². The lowest BCUT2D eigenvalue weighted by Gasteiger charge is -2.18. The Balaban J connectivity index is 4.02. The van der Waals surface area contributed by atoms with Gasteiger partial charge in [-0.25, -0.2) is 0 Å². The Hall–Kier alpha value is -1.85. The summed E-state index contributed by atoms with van der Waals surface area (Å²) in [7, 11) is 0. The predicted molar refractivity (Wildman–Crippen MR) is 335 cm³/mol. The summed E-state index contributed by atoms with van der Waals surface area (Å²) in [6.07, 6.45) is 79.8. The fourth-order valence-corrected chi connectivity index (χ4v) is 11.0. The lowest BCUT2D eigenvalue weighted by atomic mass is 10.0. The zero-order valence-electron chi connectivity index (χ0n) is 52.5. The fourth-order valence-electron chi connectivity index (χ4n) is 11.0. The summed E-state index contributed by atoms with van der Waals surface area (Å²) >= 11 is 0. The first kappa shape index (κ1) is 75.2. The van der Waals surface area contributed by atoms with Crippen LogP contribution >= 0.6 is 0 Å². The quantitative estimate of drug-likeness (QED) is 0.0261. The van der Waals surface area contributed by atoms with E-state index in [4.69, 9.17) is 14.2 Å². The number of esters is 3. The van der Waals surface area contributed by atoms with Gasteiger partial charge in [-0.05, 0) is 44.9 Å². The van der Waals surface area contributed by atoms with Crippen molar-refractivity contribution in [3.05, 3.63) is 12.2 Å². The molecule has 6 heteroatoms. The van der Waals surface area contributed by atoms with Gasteiger partial charge in [0.1, 0.15) is 13.2 Å². The summed E-state index contributed by atoms with van der Waals surface area (Å²) in [5, 5.41) is 0. The molecule has 0 fully saturated rings. The molecular formula is C71H136O6. The molecule has 1 atom stereocenters. The highest BCUT2D eigenvalue weighted by Crippen LogP contribution is 2.19. The van der Waals surface area contributed by atoms with Crippen molar-refractivity contribution in [2.75, 3.05) is 13.2 Å². The minimum Gasteiger partial charge on any atom is -0.462 e. The predicted octanol–water partition coefficient (Wildman–Crippen LogP) is 24.0. The highest BCUT2D eigenvalue weighted by molar-refractivity contribution is 5.71. The topological polar surface area (TPSA) is 78.9 Å². The molecule has 0 N–H and O–H groups in total. The van der Waals surface area contributed by atoms with Gasteiger partial charge in [0.05, 0.1) is 0 Å². The van der Waals surface area contributed by atoms with Crippen LogP contribution in [0.4, 0.5) is 0 Å². The molecule has 0 bridgehead atoms. The summed E-state index contributed by atoms with van der Waals surface area (Å²) in [5.41, 5.74) is 0. The summed E-state index contributed by atoms with van der Waals surface area (Å²) in [6, 6.07) is 0. The summed E-state index contributed by atoms with van der Waals surface area (Å²) in [4.78, 5) is 38.3. The molecule has 0 saturated carbocycles. The maximum absolute atomic E-state index is 12.9. The van der Waals surface area contributed by atoms with E-state index >= 15 is 0 Å². The van der Waals surface area contributed by atoms with Crippen LogP contribution in [0.15, 0.2) is 12.2 Å². The van der Waals surface area contributed by atoms with Crippen LogP contribution in [-0.4, -0.2) is 37.2 Å². The lowest BCUT2D eigenvalue weighted by molar-refractivity contribution is -0.167. The van der Waals surface area contributed by atoms with Crippen molar-refractivity contribution < 1.29 is 28.6 Å². The van der Waals surface area contributed by atoms with E-state index in [1.54, 1.807) is 0 Å². The van der Waals surface area contributed by atoms with Crippen LogP contribution < -0.4 is 0 Å². The van der Waals surface area contributed by atoms with Gasteiger partial charge in [-0.3, -0.25) is 14.4 Å². The minimum atomic E-state index is -0.763. The fraction of sp³-hybridized carbons (Fsp3) is 0.930. The zero-order chi connectivity index (χ0) is 55.7. The molecule has 456 valence electrons. The van der Waals surface area contributed by atoms with E-state index in [1.807, 2.05) is 0 Å². The lowest BCUT2D eigenvalue weighted by Crippen LogP contribution is -2.30. The van der Waals surface area contributed by atoms with Crippen molar-refractivity contribution in [1.82, 2.24) is 0 Å². The van der Waals surface area contributed by atoms with Crippen LogP contribution in [0, 0.1) is 0 Å². The first-order chi connectivity index (χ1) is 38.0. The van der Waals surface area contributed by atoms with E-state index in [9.17, 15) is 14.4 Å². The van der Waals surface area contributed by atoms with E-state index in [0.717, 1.165) is 57.8 Å². The molecule has 1 unspecified atom stereocenters. The molecule has 0 aromatic carbocycles. The van der Waals surface area contributed by atoms with Crippen molar-refractivity contribution >= 4 is 17.9 Å². The minimum absolute atomic E-state index is 0.0620. The van der Waals surface area contributed by atoms with Gasteiger partial charge in [0.25, 0.3) is 0 Å². The standard InChI is InChI=1S/C71H136O6/c1-4-7-10-13-16-19-22-24-26-27-28-29-30-31-32-33-34-35-36-37-38-39-40-41-42-43-45-46-49-52-55-58-61-64-70(73)76-67-68(66-75-69(72)63-60-57-54-51-48-21-18-15-12-9-6-3)77-71(74)65-62-59-56-53-50-47-44-25-23-20-17-14-11-8-5-2/h27-28,68H,4-26,29-67H2,1-3H3/b28-27-. The van der Waals surface area contributed by atoms with Gasteiger partial charge in [-0.15, -0.1) is 0 Å². The van der Waals surface area contributed by atoms with Gasteiger partial charge in [-0.1, -0.05) is 354 Å². The molecule has 0 heterocycles. The molecule has 0 aliphatic heterocycles. The number of rotatable bonds is 66. The number of allylic oxidation sites excluding steroid dienone is 2. The van der Waals surface area contributed by atoms with Crippen LogP contribution in [0.3, 0.4) is 0 Å². The van der Waals surface area contributed by atoms with Gasteiger partial charge in [-0.2, -0.15) is 0 Å². The Morgan fingerprint density at radius 1 is 0.247 bits per heavy atom. The molecule has 0 aliphatic carbocycles. The monoisotopic (exact) mass is 1090 g/mol. The normalized spacial score (nSPS) is 12.0. The Kier molecular flexibility index (Phi) is 65.1. The summed E-state index contributed by atoms with van der Waals surface area (Å²) in [5.74, 6) is -0.830. The molecule has 0 aromatic heterocycles. The van der Waals surface area contributed by atoms with E-state index in [-0.39, 0.29) is 31.1 Å². The molecule has 0 rings (SSSR count). The number of hydrogen-bond donors (Lipinski definition) is 0. The zero-order valence-corrected chi connectivity index (χ0v) is 52.5. The molecule has 0 spiro atoms. The van der Waals surface area contributed by atoms with Gasteiger partial charge >= 0.3 is 17.9 Å². The van der Waals surface area contributed by atoms with E-state index in [1.165, 1.54) is 308 Å². The van der Waals surface area contributed by atoms with Gasteiger partial charge < -0.3 is 14.2 Å². The van der Waals surface area contributed by atoms with Gasteiger partial charge in [0, 0.05) is 19.3 Å². The van der Waals surface area contributed by atoms with Crippen LogP contribution in [0.1, 0.15) is 406 Å². The third-order valence-corrected chi connectivity index (χ3v) is 16.3. The molecule has 0 saturated heterocycles. The maximum Gasteiger partial charge on any atom is 0.306 e. The first-order valence-electron chi connectivity index (χ1n) is 35.2. The molecule has 0 amide bonds. The Labute approximate surface area is 481 Å². The number of ether oxygens (including phenoxy) is 3.